The van der Waals surface area contributed by atoms with Gasteiger partial charge in [0.25, 0.3) is 0 Å². The molecule has 0 radical (unpaired) electrons. The molecule has 1 heterocycles. The van der Waals surface area contributed by atoms with E-state index in [-0.39, 0.29) is 24.3 Å². The van der Waals surface area contributed by atoms with Crippen LogP contribution in [0.2, 0.25) is 0 Å². The highest BCUT2D eigenvalue weighted by Gasteiger charge is 2.16. The minimum atomic E-state index is -0.332. The zero-order chi connectivity index (χ0) is 19.1. The predicted molar refractivity (Wildman–Crippen MR) is 109 cm³/mol. The molecule has 2 aromatic carbocycles. The van der Waals surface area contributed by atoms with Crippen LogP contribution in [0, 0.1) is 0 Å². The Morgan fingerprint density at radius 3 is 2.52 bits per heavy atom. The number of nitrogens with one attached hydrogen (secondary N) is 3. The Hall–Kier alpha value is -2.93. The van der Waals surface area contributed by atoms with Gasteiger partial charge in [-0.15, -0.1) is 0 Å². The number of anilines is 1. The smallest absolute Gasteiger partial charge is 0.222 e. The quantitative estimate of drug-likeness (QED) is 0.523. The van der Waals surface area contributed by atoms with Crippen molar-refractivity contribution in [2.45, 2.75) is 19.4 Å². The van der Waals surface area contributed by atoms with Crippen molar-refractivity contribution >= 4 is 38.5 Å². The van der Waals surface area contributed by atoms with Crippen LogP contribution in [-0.2, 0) is 9.59 Å². The lowest BCUT2D eigenvalue weighted by Gasteiger charge is -2.18. The van der Waals surface area contributed by atoms with Gasteiger partial charge in [0.1, 0.15) is 0 Å². The Kier molecular flexibility index (Phi) is 6.38. The number of carbonyl (C=O) groups excluding carboxylic acids is 2. The minimum Gasteiger partial charge on any atom is -0.360 e. The van der Waals surface area contributed by atoms with E-state index in [2.05, 4.69) is 20.9 Å². The number of aromatic nitrogens is 1. The maximum Gasteiger partial charge on any atom is 0.222 e. The summed E-state index contributed by atoms with van der Waals surface area (Å²) in [6.07, 6.45) is 0.199. The van der Waals surface area contributed by atoms with E-state index < -0.39 is 0 Å². The number of fused-ring (bicyclic) bond motifs is 1. The summed E-state index contributed by atoms with van der Waals surface area (Å²) >= 11 is 1.59. The molecule has 0 aliphatic heterocycles. The molecule has 2 amide bonds. The summed E-state index contributed by atoms with van der Waals surface area (Å²) in [4.78, 5) is 28.2. The fraction of sp³-hybridized carbons (Fsp3) is 0.250. The number of carbonyl (C=O) groups is 2. The summed E-state index contributed by atoms with van der Waals surface area (Å²) in [5.41, 5.74) is 1.88. The van der Waals surface area contributed by atoms with Crippen molar-refractivity contribution in [3.63, 3.8) is 0 Å². The first-order valence-electron chi connectivity index (χ1n) is 8.80. The molecule has 6 nitrogen and oxygen atoms in total. The molecule has 0 aliphatic carbocycles. The van der Waals surface area contributed by atoms with Crippen LogP contribution >= 0.6 is 11.3 Å². The number of benzene rings is 2. The number of hydrogen-bond donors (Lipinski definition) is 3. The minimum absolute atomic E-state index is 0.108. The Bertz CT molecular complexity index is 878. The van der Waals surface area contributed by atoms with Crippen molar-refractivity contribution in [2.75, 3.05) is 18.4 Å². The molecule has 3 N–H and O–H groups in total. The van der Waals surface area contributed by atoms with Crippen LogP contribution < -0.4 is 16.0 Å². The van der Waals surface area contributed by atoms with Gasteiger partial charge in [-0.2, -0.15) is 0 Å². The molecule has 1 atom stereocenters. The molecule has 0 fully saturated rings. The molecule has 0 saturated heterocycles. The monoisotopic (exact) mass is 382 g/mol. The summed E-state index contributed by atoms with van der Waals surface area (Å²) in [6, 6.07) is 17.1. The molecule has 0 bridgehead atoms. The number of nitrogens with zero attached hydrogens (tertiary/aromatic N) is 1. The fourth-order valence-corrected chi connectivity index (χ4v) is 3.65. The normalized spacial score (nSPS) is 11.7. The van der Waals surface area contributed by atoms with Gasteiger partial charge in [-0.05, 0) is 17.7 Å². The summed E-state index contributed by atoms with van der Waals surface area (Å²) in [5, 5.41) is 9.79. The third kappa shape index (κ3) is 5.52. The van der Waals surface area contributed by atoms with Gasteiger partial charge in [-0.3, -0.25) is 9.59 Å². The molecule has 0 spiro atoms. The third-order valence-electron chi connectivity index (χ3n) is 3.99. The van der Waals surface area contributed by atoms with E-state index in [1.165, 1.54) is 6.92 Å². The Morgan fingerprint density at radius 2 is 1.78 bits per heavy atom. The molecule has 27 heavy (non-hydrogen) atoms. The first kappa shape index (κ1) is 18.8. The molecule has 3 rings (SSSR count). The third-order valence-corrected chi connectivity index (χ3v) is 4.98. The van der Waals surface area contributed by atoms with Gasteiger partial charge in [0.2, 0.25) is 11.8 Å². The van der Waals surface area contributed by atoms with Crippen molar-refractivity contribution in [1.82, 2.24) is 15.6 Å². The second-order valence-corrected chi connectivity index (χ2v) is 7.16. The highest BCUT2D eigenvalue weighted by molar-refractivity contribution is 7.22. The maximum absolute atomic E-state index is 12.3. The molecule has 0 aliphatic rings. The van der Waals surface area contributed by atoms with Gasteiger partial charge in [0, 0.05) is 20.0 Å². The summed E-state index contributed by atoms with van der Waals surface area (Å²) < 4.78 is 1.13. The second kappa shape index (κ2) is 9.14. The van der Waals surface area contributed by atoms with E-state index in [1.54, 1.807) is 11.3 Å². The van der Waals surface area contributed by atoms with E-state index >= 15 is 0 Å². The summed E-state index contributed by atoms with van der Waals surface area (Å²) in [5.74, 6) is -0.266. The van der Waals surface area contributed by atoms with E-state index in [9.17, 15) is 9.59 Å². The van der Waals surface area contributed by atoms with Crippen LogP contribution in [0.1, 0.15) is 24.9 Å². The number of thiazole rings is 1. The van der Waals surface area contributed by atoms with Crippen LogP contribution in [-0.4, -0.2) is 29.9 Å². The fourth-order valence-electron chi connectivity index (χ4n) is 2.76. The number of hydrogen-bond acceptors (Lipinski definition) is 5. The van der Waals surface area contributed by atoms with Crippen molar-refractivity contribution in [3.05, 3.63) is 60.2 Å². The van der Waals surface area contributed by atoms with Gasteiger partial charge in [0.05, 0.1) is 22.7 Å². The Labute approximate surface area is 162 Å². The Balaban J connectivity index is 1.47. The van der Waals surface area contributed by atoms with Crippen LogP contribution in [0.3, 0.4) is 0 Å². The molecular weight excluding hydrogens is 360 g/mol. The zero-order valence-electron chi connectivity index (χ0n) is 15.1. The molecule has 140 valence electrons. The average Bonchev–Trinajstić information content (AvgIpc) is 3.08. The molecule has 3 aromatic rings. The second-order valence-electron chi connectivity index (χ2n) is 6.13. The highest BCUT2D eigenvalue weighted by Crippen LogP contribution is 2.24. The van der Waals surface area contributed by atoms with Gasteiger partial charge in [0.15, 0.2) is 5.13 Å². The van der Waals surface area contributed by atoms with Gasteiger partial charge >= 0.3 is 0 Å². The lowest BCUT2D eigenvalue weighted by Crippen LogP contribution is -2.34. The SMILES string of the molecule is CC(=O)NC(CC(=O)NCCNc1nc2ccccc2s1)c1ccccc1. The number of amides is 2. The van der Waals surface area contributed by atoms with Crippen molar-refractivity contribution in [2.24, 2.45) is 0 Å². The van der Waals surface area contributed by atoms with Gasteiger partial charge in [-0.25, -0.2) is 4.98 Å². The topological polar surface area (TPSA) is 83.1 Å². The maximum atomic E-state index is 12.3. The molecule has 0 saturated carbocycles. The van der Waals surface area contributed by atoms with Crippen LogP contribution in [0.4, 0.5) is 5.13 Å². The first-order valence-corrected chi connectivity index (χ1v) is 9.61. The zero-order valence-corrected chi connectivity index (χ0v) is 15.9. The van der Waals surface area contributed by atoms with E-state index in [0.29, 0.717) is 13.1 Å². The van der Waals surface area contributed by atoms with Gasteiger partial charge in [-0.1, -0.05) is 53.8 Å². The first-order chi connectivity index (χ1) is 13.1. The Morgan fingerprint density at radius 1 is 1.04 bits per heavy atom. The van der Waals surface area contributed by atoms with Crippen molar-refractivity contribution in [1.29, 1.82) is 0 Å². The number of rotatable bonds is 8. The van der Waals surface area contributed by atoms with Crippen LogP contribution in [0.25, 0.3) is 10.2 Å². The molecular formula is C20H22N4O2S. The van der Waals surface area contributed by atoms with Gasteiger partial charge < -0.3 is 16.0 Å². The largest absolute Gasteiger partial charge is 0.360 e. The van der Waals surface area contributed by atoms with Crippen LogP contribution in [0.15, 0.2) is 54.6 Å². The van der Waals surface area contributed by atoms with E-state index in [0.717, 1.165) is 20.9 Å². The number of para-hydroxylation sites is 1. The van der Waals surface area contributed by atoms with Crippen molar-refractivity contribution in [3.8, 4) is 0 Å². The predicted octanol–water partition coefficient (Wildman–Crippen LogP) is 3.09. The van der Waals surface area contributed by atoms with E-state index in [4.69, 9.17) is 0 Å². The van der Waals surface area contributed by atoms with Crippen LogP contribution in [0.5, 0.6) is 0 Å². The molecule has 7 heteroatoms. The average molecular weight is 382 g/mol. The standard InChI is InChI=1S/C20H22N4O2S/c1-14(25)23-17(15-7-3-2-4-8-15)13-19(26)21-11-12-22-20-24-16-9-5-6-10-18(16)27-20/h2-10,17H,11-13H2,1H3,(H,21,26)(H,22,24)(H,23,25). The highest BCUT2D eigenvalue weighted by atomic mass is 32.1. The molecule has 1 aromatic heterocycles. The lowest BCUT2D eigenvalue weighted by molar-refractivity contribution is -0.122. The summed E-state index contributed by atoms with van der Waals surface area (Å²) in [7, 11) is 0. The molecule has 1 unspecified atom stereocenters. The van der Waals surface area contributed by atoms with E-state index in [1.807, 2.05) is 54.6 Å². The van der Waals surface area contributed by atoms with Crippen molar-refractivity contribution < 1.29 is 9.59 Å². The lowest BCUT2D eigenvalue weighted by atomic mass is 10.0. The summed E-state index contributed by atoms with van der Waals surface area (Å²) in [6.45, 7) is 2.52.